The predicted octanol–water partition coefficient (Wildman–Crippen LogP) is 2.89. The third kappa shape index (κ3) is 4.46. The van der Waals surface area contributed by atoms with E-state index < -0.39 is 15.9 Å². The monoisotopic (exact) mass is 429 g/mol. The van der Waals surface area contributed by atoms with E-state index in [1.807, 2.05) is 6.07 Å². The van der Waals surface area contributed by atoms with E-state index in [4.69, 9.17) is 0 Å². The minimum Gasteiger partial charge on any atom is -0.370 e. The van der Waals surface area contributed by atoms with Gasteiger partial charge in [-0.2, -0.15) is 4.31 Å². The molecular weight excluding hydrogens is 402 g/mol. The first-order valence-electron chi connectivity index (χ1n) is 10.5. The lowest BCUT2D eigenvalue weighted by atomic mass is 10.1. The van der Waals surface area contributed by atoms with E-state index in [-0.39, 0.29) is 10.6 Å². The van der Waals surface area contributed by atoms with Crippen LogP contribution in [0.3, 0.4) is 0 Å². The van der Waals surface area contributed by atoms with Crippen molar-refractivity contribution >= 4 is 27.3 Å². The molecule has 2 aliphatic rings. The number of nitrogens with zero attached hydrogens (tertiary/aromatic N) is 4. The maximum absolute atomic E-state index is 13.2. The fourth-order valence-corrected chi connectivity index (χ4v) is 5.59. The van der Waals surface area contributed by atoms with Gasteiger partial charge in [0.2, 0.25) is 10.0 Å². The largest absolute Gasteiger partial charge is 0.370 e. The average molecular weight is 430 g/mol. The van der Waals surface area contributed by atoms with Crippen molar-refractivity contribution in [1.82, 2.24) is 14.3 Å². The third-order valence-electron chi connectivity index (χ3n) is 5.66. The summed E-state index contributed by atoms with van der Waals surface area (Å²) >= 11 is 0. The van der Waals surface area contributed by atoms with Gasteiger partial charge in [0.05, 0.1) is 22.5 Å². The summed E-state index contributed by atoms with van der Waals surface area (Å²) in [6.45, 7) is 2.84. The second-order valence-corrected chi connectivity index (χ2v) is 9.67. The lowest BCUT2D eigenvalue weighted by Gasteiger charge is -2.31. The molecule has 2 saturated heterocycles. The van der Waals surface area contributed by atoms with Crippen molar-refractivity contribution in [2.45, 2.75) is 43.4 Å². The molecule has 1 aromatic heterocycles. The Balaban J connectivity index is 1.68. The number of aromatic nitrogens is 2. The Bertz CT molecular complexity index is 985. The van der Waals surface area contributed by atoms with E-state index in [2.05, 4.69) is 20.2 Å². The molecule has 9 heteroatoms. The maximum atomic E-state index is 13.2. The van der Waals surface area contributed by atoms with Gasteiger partial charge in [0.25, 0.3) is 5.91 Å². The van der Waals surface area contributed by atoms with E-state index in [1.54, 1.807) is 16.4 Å². The van der Waals surface area contributed by atoms with Crippen LogP contribution in [0.5, 0.6) is 0 Å². The molecule has 0 bridgehead atoms. The topological polar surface area (TPSA) is 95.5 Å². The number of benzene rings is 1. The zero-order chi connectivity index (χ0) is 21.0. The minimum absolute atomic E-state index is 0.186. The van der Waals surface area contributed by atoms with Crippen molar-refractivity contribution in [2.75, 3.05) is 36.4 Å². The van der Waals surface area contributed by atoms with Crippen molar-refractivity contribution in [3.8, 4) is 0 Å². The van der Waals surface area contributed by atoms with Crippen molar-refractivity contribution in [3.05, 3.63) is 42.5 Å². The lowest BCUT2D eigenvalue weighted by molar-refractivity contribution is 0.102. The summed E-state index contributed by atoms with van der Waals surface area (Å²) in [5.74, 6) is -0.408. The number of rotatable bonds is 5. The summed E-state index contributed by atoms with van der Waals surface area (Å²) in [5, 5.41) is 2.87. The Morgan fingerprint density at radius 2 is 1.63 bits per heavy atom. The van der Waals surface area contributed by atoms with Crippen LogP contribution in [0, 0.1) is 0 Å². The molecule has 0 aliphatic carbocycles. The summed E-state index contributed by atoms with van der Waals surface area (Å²) in [5.41, 5.74) is 1.52. The van der Waals surface area contributed by atoms with Crippen LogP contribution in [0.1, 0.15) is 49.0 Å². The Labute approximate surface area is 177 Å². The maximum Gasteiger partial charge on any atom is 0.275 e. The fourth-order valence-electron chi connectivity index (χ4n) is 4.04. The Hall–Kier alpha value is -2.52. The number of amides is 1. The molecule has 1 aromatic carbocycles. The van der Waals surface area contributed by atoms with Crippen molar-refractivity contribution in [2.24, 2.45) is 0 Å². The van der Waals surface area contributed by atoms with Crippen LogP contribution < -0.4 is 10.2 Å². The van der Waals surface area contributed by atoms with Gasteiger partial charge >= 0.3 is 0 Å². The van der Waals surface area contributed by atoms with Gasteiger partial charge in [0, 0.05) is 38.6 Å². The molecule has 0 unspecified atom stereocenters. The van der Waals surface area contributed by atoms with E-state index in [0.29, 0.717) is 18.8 Å². The highest BCUT2D eigenvalue weighted by atomic mass is 32.2. The van der Waals surface area contributed by atoms with Crippen molar-refractivity contribution in [3.63, 3.8) is 0 Å². The smallest absolute Gasteiger partial charge is 0.275 e. The number of carbonyl (C=O) groups is 1. The van der Waals surface area contributed by atoms with Gasteiger partial charge in [-0.15, -0.1) is 0 Å². The molecule has 2 aliphatic heterocycles. The van der Waals surface area contributed by atoms with Gasteiger partial charge in [-0.25, -0.2) is 13.4 Å². The van der Waals surface area contributed by atoms with Crippen LogP contribution in [0.15, 0.2) is 41.7 Å². The number of piperidine rings is 2. The molecule has 0 atom stereocenters. The first-order chi connectivity index (χ1) is 14.6. The molecule has 4 rings (SSSR count). The molecule has 2 aromatic rings. The van der Waals surface area contributed by atoms with E-state index in [0.717, 1.165) is 50.9 Å². The highest BCUT2D eigenvalue weighted by molar-refractivity contribution is 7.89. The standard InChI is InChI=1S/C21H27N5O3S/c27-21(19-16-22-9-10-23-19)24-18-15-17(30(28,29)26-13-5-2-6-14-26)7-8-20(18)25-11-3-1-4-12-25/h7-10,15-16H,1-6,11-14H2,(H,24,27). The molecule has 1 amide bonds. The van der Waals surface area contributed by atoms with Crippen LogP contribution in [-0.4, -0.2) is 54.8 Å². The number of hydrogen-bond acceptors (Lipinski definition) is 6. The van der Waals surface area contributed by atoms with Crippen LogP contribution >= 0.6 is 0 Å². The second-order valence-electron chi connectivity index (χ2n) is 7.74. The van der Waals surface area contributed by atoms with Gasteiger partial charge in [-0.3, -0.25) is 9.78 Å². The third-order valence-corrected chi connectivity index (χ3v) is 7.56. The summed E-state index contributed by atoms with van der Waals surface area (Å²) < 4.78 is 27.9. The van der Waals surface area contributed by atoms with E-state index in [9.17, 15) is 13.2 Å². The van der Waals surface area contributed by atoms with Crippen LogP contribution in [0.4, 0.5) is 11.4 Å². The number of anilines is 2. The average Bonchev–Trinajstić information content (AvgIpc) is 2.81. The summed E-state index contributed by atoms with van der Waals surface area (Å²) in [4.78, 5) is 23.1. The molecule has 1 N–H and O–H groups in total. The van der Waals surface area contributed by atoms with Crippen LogP contribution in [-0.2, 0) is 10.0 Å². The Morgan fingerprint density at radius 3 is 2.30 bits per heavy atom. The van der Waals surface area contributed by atoms with Gasteiger partial charge in [0.1, 0.15) is 5.69 Å². The molecule has 2 fully saturated rings. The molecule has 0 radical (unpaired) electrons. The molecular formula is C21H27N5O3S. The molecule has 0 saturated carbocycles. The lowest BCUT2D eigenvalue weighted by Crippen LogP contribution is -2.36. The van der Waals surface area contributed by atoms with Gasteiger partial charge in [-0.1, -0.05) is 6.42 Å². The first-order valence-corrected chi connectivity index (χ1v) is 12.0. The van der Waals surface area contributed by atoms with Crippen LogP contribution in [0.25, 0.3) is 0 Å². The number of nitrogens with one attached hydrogen (secondary N) is 1. The normalized spacial score (nSPS) is 18.2. The zero-order valence-corrected chi connectivity index (χ0v) is 17.8. The Morgan fingerprint density at radius 1 is 0.933 bits per heavy atom. The van der Waals surface area contributed by atoms with Gasteiger partial charge in [0.15, 0.2) is 0 Å². The summed E-state index contributed by atoms with van der Waals surface area (Å²) in [6.07, 6.45) is 10.5. The number of carbonyl (C=O) groups excluding carboxylic acids is 1. The minimum atomic E-state index is -3.60. The van der Waals surface area contributed by atoms with Gasteiger partial charge < -0.3 is 10.2 Å². The van der Waals surface area contributed by atoms with Crippen molar-refractivity contribution < 1.29 is 13.2 Å². The molecule has 0 spiro atoms. The highest BCUT2D eigenvalue weighted by Gasteiger charge is 2.27. The molecule has 3 heterocycles. The number of hydrogen-bond donors (Lipinski definition) is 1. The number of sulfonamides is 1. The molecule has 160 valence electrons. The predicted molar refractivity (Wildman–Crippen MR) is 115 cm³/mol. The summed E-state index contributed by atoms with van der Waals surface area (Å²) in [7, 11) is -3.60. The SMILES string of the molecule is O=C(Nc1cc(S(=O)(=O)N2CCCCC2)ccc1N1CCCCC1)c1cnccn1. The van der Waals surface area contributed by atoms with Crippen molar-refractivity contribution in [1.29, 1.82) is 0 Å². The molecule has 30 heavy (non-hydrogen) atoms. The van der Waals surface area contributed by atoms with Crippen LogP contribution in [0.2, 0.25) is 0 Å². The fraction of sp³-hybridized carbons (Fsp3) is 0.476. The zero-order valence-electron chi connectivity index (χ0n) is 17.0. The second kappa shape index (κ2) is 9.09. The van der Waals surface area contributed by atoms with E-state index in [1.165, 1.54) is 25.0 Å². The van der Waals surface area contributed by atoms with E-state index >= 15 is 0 Å². The quantitative estimate of drug-likeness (QED) is 0.785. The van der Waals surface area contributed by atoms with Gasteiger partial charge in [-0.05, 0) is 50.3 Å². The highest BCUT2D eigenvalue weighted by Crippen LogP contribution is 2.33. The Kier molecular flexibility index (Phi) is 6.29. The molecule has 8 nitrogen and oxygen atoms in total. The first kappa shape index (κ1) is 20.7. The summed E-state index contributed by atoms with van der Waals surface area (Å²) in [6, 6.07) is 5.06.